The van der Waals surface area contributed by atoms with Gasteiger partial charge in [-0.1, -0.05) is 0 Å². The Balaban J connectivity index is 1.97. The van der Waals surface area contributed by atoms with Crippen molar-refractivity contribution >= 4 is 11.8 Å². The number of ether oxygens (including phenoxy) is 2. The van der Waals surface area contributed by atoms with E-state index in [1.54, 1.807) is 29.2 Å². The Bertz CT molecular complexity index is 452. The van der Waals surface area contributed by atoms with Crippen molar-refractivity contribution in [2.75, 3.05) is 32.9 Å². The van der Waals surface area contributed by atoms with E-state index in [2.05, 4.69) is 0 Å². The molecule has 1 aliphatic heterocycles. The second-order valence-corrected chi connectivity index (χ2v) is 4.18. The summed E-state index contributed by atoms with van der Waals surface area (Å²) >= 11 is 0. The third-order valence-corrected chi connectivity index (χ3v) is 2.78. The maximum atomic E-state index is 12.1. The molecule has 0 unspecified atom stereocenters. The molecule has 0 aromatic heterocycles. The zero-order valence-corrected chi connectivity index (χ0v) is 10.5. The molecule has 2 amide bonds. The highest BCUT2D eigenvalue weighted by Crippen LogP contribution is 2.14. The van der Waals surface area contributed by atoms with E-state index in [0.29, 0.717) is 37.6 Å². The van der Waals surface area contributed by atoms with Crippen LogP contribution in [0.25, 0.3) is 0 Å². The van der Waals surface area contributed by atoms with E-state index in [0.717, 1.165) is 0 Å². The van der Waals surface area contributed by atoms with Gasteiger partial charge in [-0.15, -0.1) is 0 Å². The highest BCUT2D eigenvalue weighted by Gasteiger charge is 2.18. The molecule has 0 spiro atoms. The van der Waals surface area contributed by atoms with Gasteiger partial charge in [-0.05, 0) is 24.3 Å². The number of carbonyl (C=O) groups is 2. The molecule has 1 aliphatic rings. The summed E-state index contributed by atoms with van der Waals surface area (Å²) in [6.45, 7) is 2.20. The van der Waals surface area contributed by atoms with E-state index in [-0.39, 0.29) is 12.5 Å². The Kier molecular flexibility index (Phi) is 4.35. The van der Waals surface area contributed by atoms with Gasteiger partial charge in [0.05, 0.1) is 13.2 Å². The van der Waals surface area contributed by atoms with Crippen molar-refractivity contribution in [3.8, 4) is 5.75 Å². The van der Waals surface area contributed by atoms with Crippen molar-refractivity contribution in [3.05, 3.63) is 29.8 Å². The van der Waals surface area contributed by atoms with Gasteiger partial charge in [0, 0.05) is 18.7 Å². The molecule has 0 atom stereocenters. The molecule has 102 valence electrons. The number of carbonyl (C=O) groups excluding carboxylic acids is 2. The molecule has 1 aromatic rings. The van der Waals surface area contributed by atoms with Crippen LogP contribution in [0.3, 0.4) is 0 Å². The Morgan fingerprint density at radius 2 is 1.84 bits per heavy atom. The standard InChI is InChI=1S/C13H16N2O4/c14-12(16)9-19-11-3-1-10(2-4-11)13(17)15-5-7-18-8-6-15/h1-4H,5-9H2,(H2,14,16). The topological polar surface area (TPSA) is 81.9 Å². The Morgan fingerprint density at radius 3 is 2.42 bits per heavy atom. The van der Waals surface area contributed by atoms with Crippen LogP contribution in [0.5, 0.6) is 5.75 Å². The molecule has 1 saturated heterocycles. The monoisotopic (exact) mass is 264 g/mol. The van der Waals surface area contributed by atoms with Gasteiger partial charge >= 0.3 is 0 Å². The average molecular weight is 264 g/mol. The lowest BCUT2D eigenvalue weighted by atomic mass is 10.2. The zero-order chi connectivity index (χ0) is 13.7. The van der Waals surface area contributed by atoms with E-state index in [1.165, 1.54) is 0 Å². The summed E-state index contributed by atoms with van der Waals surface area (Å²) in [6.07, 6.45) is 0. The predicted molar refractivity (Wildman–Crippen MR) is 67.9 cm³/mol. The Labute approximate surface area is 111 Å². The van der Waals surface area contributed by atoms with Crippen LogP contribution < -0.4 is 10.5 Å². The molecule has 2 rings (SSSR count). The average Bonchev–Trinajstić information content (AvgIpc) is 2.46. The molecule has 0 saturated carbocycles. The minimum atomic E-state index is -0.534. The maximum absolute atomic E-state index is 12.1. The summed E-state index contributed by atoms with van der Waals surface area (Å²) in [5.74, 6) is -0.0458. The molecule has 2 N–H and O–H groups in total. The molecule has 6 heteroatoms. The summed E-state index contributed by atoms with van der Waals surface area (Å²) in [7, 11) is 0. The van der Waals surface area contributed by atoms with E-state index in [4.69, 9.17) is 15.2 Å². The van der Waals surface area contributed by atoms with E-state index < -0.39 is 5.91 Å². The Morgan fingerprint density at radius 1 is 1.21 bits per heavy atom. The number of primary amides is 1. The molecule has 1 heterocycles. The van der Waals surface area contributed by atoms with E-state index in [1.807, 2.05) is 0 Å². The van der Waals surface area contributed by atoms with Crippen LogP contribution in [0, 0.1) is 0 Å². The molecule has 19 heavy (non-hydrogen) atoms. The van der Waals surface area contributed by atoms with Gasteiger partial charge in [0.2, 0.25) is 0 Å². The summed E-state index contributed by atoms with van der Waals surface area (Å²) in [6, 6.07) is 6.65. The van der Waals surface area contributed by atoms with Gasteiger partial charge in [0.1, 0.15) is 5.75 Å². The highest BCUT2D eigenvalue weighted by molar-refractivity contribution is 5.94. The number of morpholine rings is 1. The van der Waals surface area contributed by atoms with Crippen LogP contribution in [0.4, 0.5) is 0 Å². The lowest BCUT2D eigenvalue weighted by Crippen LogP contribution is -2.40. The summed E-state index contributed by atoms with van der Waals surface area (Å²) in [5, 5.41) is 0. The van der Waals surface area contributed by atoms with Crippen molar-refractivity contribution in [2.45, 2.75) is 0 Å². The molecular formula is C13H16N2O4. The van der Waals surface area contributed by atoms with Crippen molar-refractivity contribution < 1.29 is 19.1 Å². The number of nitrogens with zero attached hydrogens (tertiary/aromatic N) is 1. The van der Waals surface area contributed by atoms with Crippen molar-refractivity contribution in [2.24, 2.45) is 5.73 Å². The number of hydrogen-bond donors (Lipinski definition) is 1. The maximum Gasteiger partial charge on any atom is 0.255 e. The summed E-state index contributed by atoms with van der Waals surface area (Å²) in [5.41, 5.74) is 5.57. The normalized spacial score (nSPS) is 15.1. The van der Waals surface area contributed by atoms with Crippen molar-refractivity contribution in [1.29, 1.82) is 0 Å². The minimum Gasteiger partial charge on any atom is -0.484 e. The van der Waals surface area contributed by atoms with Crippen LogP contribution in [-0.4, -0.2) is 49.6 Å². The van der Waals surface area contributed by atoms with Gasteiger partial charge in [0.25, 0.3) is 11.8 Å². The fourth-order valence-corrected chi connectivity index (χ4v) is 1.80. The first-order chi connectivity index (χ1) is 9.16. The fraction of sp³-hybridized carbons (Fsp3) is 0.385. The molecule has 6 nitrogen and oxygen atoms in total. The number of amides is 2. The minimum absolute atomic E-state index is 0.0234. The lowest BCUT2D eigenvalue weighted by molar-refractivity contribution is -0.119. The predicted octanol–water partition coefficient (Wildman–Crippen LogP) is 0.0231. The highest BCUT2D eigenvalue weighted by atomic mass is 16.5. The number of benzene rings is 1. The van der Waals surface area contributed by atoms with Crippen LogP contribution in [0.1, 0.15) is 10.4 Å². The summed E-state index contributed by atoms with van der Waals surface area (Å²) < 4.78 is 10.3. The smallest absolute Gasteiger partial charge is 0.255 e. The first-order valence-electron chi connectivity index (χ1n) is 6.05. The first kappa shape index (κ1) is 13.4. The molecule has 1 aromatic carbocycles. The molecule has 0 aliphatic carbocycles. The fourth-order valence-electron chi connectivity index (χ4n) is 1.80. The van der Waals surface area contributed by atoms with Gasteiger partial charge in [-0.3, -0.25) is 9.59 Å². The molecule has 1 fully saturated rings. The number of hydrogen-bond acceptors (Lipinski definition) is 4. The third-order valence-electron chi connectivity index (χ3n) is 2.78. The first-order valence-corrected chi connectivity index (χ1v) is 6.05. The van der Waals surface area contributed by atoms with Crippen molar-refractivity contribution in [1.82, 2.24) is 4.90 Å². The largest absolute Gasteiger partial charge is 0.484 e. The number of rotatable bonds is 4. The summed E-state index contributed by atoms with van der Waals surface area (Å²) in [4.78, 5) is 24.5. The van der Waals surface area contributed by atoms with Gasteiger partial charge in [-0.25, -0.2) is 0 Å². The SMILES string of the molecule is NC(=O)COc1ccc(C(=O)N2CCOCC2)cc1. The van der Waals surface area contributed by atoms with Crippen LogP contribution in [0.2, 0.25) is 0 Å². The third kappa shape index (κ3) is 3.69. The zero-order valence-electron chi connectivity index (χ0n) is 10.5. The van der Waals surface area contributed by atoms with E-state index in [9.17, 15) is 9.59 Å². The van der Waals surface area contributed by atoms with Crippen LogP contribution >= 0.6 is 0 Å². The number of nitrogens with two attached hydrogens (primary N) is 1. The van der Waals surface area contributed by atoms with Crippen LogP contribution in [0.15, 0.2) is 24.3 Å². The second kappa shape index (κ2) is 6.19. The van der Waals surface area contributed by atoms with Gasteiger partial charge < -0.3 is 20.1 Å². The molecular weight excluding hydrogens is 248 g/mol. The van der Waals surface area contributed by atoms with Crippen LogP contribution in [-0.2, 0) is 9.53 Å². The molecule has 0 bridgehead atoms. The molecule has 0 radical (unpaired) electrons. The lowest BCUT2D eigenvalue weighted by Gasteiger charge is -2.26. The van der Waals surface area contributed by atoms with E-state index >= 15 is 0 Å². The quantitative estimate of drug-likeness (QED) is 0.831. The van der Waals surface area contributed by atoms with Gasteiger partial charge in [0.15, 0.2) is 6.61 Å². The second-order valence-electron chi connectivity index (χ2n) is 4.18. The Hall–Kier alpha value is -2.08. The van der Waals surface area contributed by atoms with Gasteiger partial charge in [-0.2, -0.15) is 0 Å². The van der Waals surface area contributed by atoms with Crippen molar-refractivity contribution in [3.63, 3.8) is 0 Å².